The molecule has 0 aliphatic heterocycles. The highest BCUT2D eigenvalue weighted by molar-refractivity contribution is 14.1. The van der Waals surface area contributed by atoms with Crippen molar-refractivity contribution in [3.63, 3.8) is 0 Å². The second-order valence-corrected chi connectivity index (χ2v) is 4.22. The first-order valence-electron chi connectivity index (χ1n) is 4.54. The van der Waals surface area contributed by atoms with Crippen LogP contribution in [-0.2, 0) is 4.74 Å². The van der Waals surface area contributed by atoms with Gasteiger partial charge in [0.25, 0.3) is 0 Å². The zero-order chi connectivity index (χ0) is 12.0. The van der Waals surface area contributed by atoms with Crippen LogP contribution >= 0.6 is 22.6 Å². The number of oxime groups is 1. The summed E-state index contributed by atoms with van der Waals surface area (Å²) >= 11 is 2.06. The molecule has 1 aromatic rings. The fourth-order valence-electron chi connectivity index (χ4n) is 1.12. The van der Waals surface area contributed by atoms with Crippen molar-refractivity contribution in [2.45, 2.75) is 0 Å². The van der Waals surface area contributed by atoms with E-state index in [1.165, 1.54) is 6.07 Å². The number of nitrogens with zero attached hydrogens (tertiary/aromatic N) is 1. The van der Waals surface area contributed by atoms with E-state index in [2.05, 4.69) is 34.3 Å². The van der Waals surface area contributed by atoms with Gasteiger partial charge in [-0.25, -0.2) is 4.39 Å². The van der Waals surface area contributed by atoms with Gasteiger partial charge in [-0.05, 0) is 40.8 Å². The molecule has 0 fully saturated rings. The summed E-state index contributed by atoms with van der Waals surface area (Å²) in [6.07, 6.45) is 1.57. The van der Waals surface area contributed by atoms with Crippen molar-refractivity contribution in [1.82, 2.24) is 0 Å². The van der Waals surface area contributed by atoms with Gasteiger partial charge >= 0.3 is 0 Å². The molecule has 0 aliphatic carbocycles. The van der Waals surface area contributed by atoms with Crippen LogP contribution < -0.4 is 0 Å². The average Bonchev–Trinajstić information content (AvgIpc) is 2.28. The highest BCUT2D eigenvalue weighted by Crippen LogP contribution is 2.13. The minimum absolute atomic E-state index is 0.0412. The molecule has 0 spiro atoms. The maximum Gasteiger partial charge on any atom is 0.132 e. The molecule has 86 valence electrons. The number of rotatable bonds is 5. The highest BCUT2D eigenvalue weighted by atomic mass is 127. The minimum atomic E-state index is -0.435. The molecule has 0 unspecified atom stereocenters. The Hall–Kier alpha value is -0.950. The Kier molecular flexibility index (Phi) is 5.41. The molecule has 0 atom stereocenters. The molecule has 16 heavy (non-hydrogen) atoms. The molecule has 0 aromatic heterocycles. The Morgan fingerprint density at radius 3 is 3.00 bits per heavy atom. The van der Waals surface area contributed by atoms with Gasteiger partial charge in [-0.3, -0.25) is 0 Å². The molecule has 0 amide bonds. The molecule has 1 N–H and O–H groups in total. The van der Waals surface area contributed by atoms with E-state index in [1.54, 1.807) is 18.2 Å². The summed E-state index contributed by atoms with van der Waals surface area (Å²) in [5.74, 6) is -0.435. The predicted octanol–water partition coefficient (Wildman–Crippen LogP) is 2.81. The summed E-state index contributed by atoms with van der Waals surface area (Å²) in [6, 6.07) is 4.57. The molecule has 5 heteroatoms. The van der Waals surface area contributed by atoms with Gasteiger partial charge in [0.2, 0.25) is 0 Å². The van der Waals surface area contributed by atoms with E-state index in [1.807, 2.05) is 0 Å². The van der Waals surface area contributed by atoms with Crippen molar-refractivity contribution in [3.05, 3.63) is 45.8 Å². The highest BCUT2D eigenvalue weighted by Gasteiger charge is 2.10. The van der Waals surface area contributed by atoms with Gasteiger partial charge in [0, 0.05) is 9.13 Å². The largest absolute Gasteiger partial charge is 0.411 e. The van der Waals surface area contributed by atoms with Crippen LogP contribution in [0.3, 0.4) is 0 Å². The van der Waals surface area contributed by atoms with Gasteiger partial charge in [0.1, 0.15) is 11.5 Å². The second-order valence-electron chi connectivity index (χ2n) is 2.97. The van der Waals surface area contributed by atoms with Crippen molar-refractivity contribution in [3.8, 4) is 0 Å². The van der Waals surface area contributed by atoms with Crippen LogP contribution in [-0.4, -0.2) is 24.1 Å². The first-order valence-corrected chi connectivity index (χ1v) is 5.62. The summed E-state index contributed by atoms with van der Waals surface area (Å²) in [6.45, 7) is 3.85. The zero-order valence-corrected chi connectivity index (χ0v) is 10.6. The lowest BCUT2D eigenvalue weighted by Gasteiger charge is -2.06. The lowest BCUT2D eigenvalue weighted by atomic mass is 10.1. The number of benzene rings is 1. The quantitative estimate of drug-likeness (QED) is 0.225. The third-order valence-corrected chi connectivity index (χ3v) is 2.51. The van der Waals surface area contributed by atoms with Crippen molar-refractivity contribution >= 4 is 28.3 Å². The molecular weight excluding hydrogens is 324 g/mol. The number of hydrogen-bond donors (Lipinski definition) is 1. The van der Waals surface area contributed by atoms with Gasteiger partial charge in [-0.2, -0.15) is 0 Å². The lowest BCUT2D eigenvalue weighted by Crippen LogP contribution is -2.13. The monoisotopic (exact) mass is 335 g/mol. The molecule has 0 heterocycles. The first kappa shape index (κ1) is 13.1. The van der Waals surface area contributed by atoms with Crippen LogP contribution in [0.2, 0.25) is 0 Å². The smallest absolute Gasteiger partial charge is 0.132 e. The van der Waals surface area contributed by atoms with Crippen LogP contribution in [0.4, 0.5) is 4.39 Å². The molecule has 0 bridgehead atoms. The van der Waals surface area contributed by atoms with E-state index in [0.717, 1.165) is 3.57 Å². The standard InChI is InChI=1S/C11H11FINO2/c1-2-5-16-7-11(14-15)9-6-8(13)3-4-10(9)12/h2-4,6,15H,1,5,7H2. The fourth-order valence-corrected chi connectivity index (χ4v) is 1.61. The minimum Gasteiger partial charge on any atom is -0.411 e. The van der Waals surface area contributed by atoms with Gasteiger partial charge < -0.3 is 9.94 Å². The zero-order valence-electron chi connectivity index (χ0n) is 8.49. The summed E-state index contributed by atoms with van der Waals surface area (Å²) in [7, 11) is 0. The Morgan fingerprint density at radius 2 is 2.38 bits per heavy atom. The lowest BCUT2D eigenvalue weighted by molar-refractivity contribution is 0.200. The normalized spacial score (nSPS) is 11.5. The molecule has 0 radical (unpaired) electrons. The van der Waals surface area contributed by atoms with Crippen molar-refractivity contribution in [1.29, 1.82) is 0 Å². The second kappa shape index (κ2) is 6.59. The molecule has 0 saturated carbocycles. The van der Waals surface area contributed by atoms with Crippen LogP contribution in [0.1, 0.15) is 5.56 Å². The van der Waals surface area contributed by atoms with E-state index in [4.69, 9.17) is 9.94 Å². The summed E-state index contributed by atoms with van der Waals surface area (Å²) in [4.78, 5) is 0. The van der Waals surface area contributed by atoms with Gasteiger partial charge in [0.05, 0.1) is 13.2 Å². The van der Waals surface area contributed by atoms with E-state index >= 15 is 0 Å². The van der Waals surface area contributed by atoms with E-state index in [-0.39, 0.29) is 17.9 Å². The van der Waals surface area contributed by atoms with Crippen LogP contribution in [0.5, 0.6) is 0 Å². The Bertz CT molecular complexity index is 407. The fraction of sp³-hybridized carbons (Fsp3) is 0.182. The van der Waals surface area contributed by atoms with Crippen molar-refractivity contribution < 1.29 is 14.3 Å². The number of ether oxygens (including phenoxy) is 1. The summed E-state index contributed by atoms with van der Waals surface area (Å²) in [5, 5.41) is 11.9. The Labute approximate surface area is 107 Å². The van der Waals surface area contributed by atoms with Gasteiger partial charge in [-0.1, -0.05) is 11.2 Å². The molecule has 3 nitrogen and oxygen atoms in total. The maximum atomic E-state index is 13.4. The molecule has 0 aliphatic rings. The summed E-state index contributed by atoms with van der Waals surface area (Å²) < 4.78 is 19.4. The van der Waals surface area contributed by atoms with E-state index < -0.39 is 5.82 Å². The molecule has 0 saturated heterocycles. The molecule has 1 aromatic carbocycles. The number of hydrogen-bond acceptors (Lipinski definition) is 3. The molecule has 1 rings (SSSR count). The van der Waals surface area contributed by atoms with Gasteiger partial charge in [-0.15, -0.1) is 6.58 Å². The summed E-state index contributed by atoms with van der Waals surface area (Å²) in [5.41, 5.74) is 0.413. The van der Waals surface area contributed by atoms with Crippen LogP contribution in [0.15, 0.2) is 36.0 Å². The third-order valence-electron chi connectivity index (χ3n) is 1.83. The van der Waals surface area contributed by atoms with Gasteiger partial charge in [0.15, 0.2) is 0 Å². The predicted molar refractivity (Wildman–Crippen MR) is 68.5 cm³/mol. The van der Waals surface area contributed by atoms with Crippen LogP contribution in [0, 0.1) is 9.39 Å². The molecular formula is C11H11FINO2. The average molecular weight is 335 g/mol. The topological polar surface area (TPSA) is 41.8 Å². The van der Waals surface area contributed by atoms with Crippen molar-refractivity contribution in [2.75, 3.05) is 13.2 Å². The van der Waals surface area contributed by atoms with Crippen molar-refractivity contribution in [2.24, 2.45) is 5.16 Å². The number of halogens is 2. The Balaban J connectivity index is 2.87. The maximum absolute atomic E-state index is 13.4. The van der Waals surface area contributed by atoms with E-state index in [0.29, 0.717) is 6.61 Å². The third kappa shape index (κ3) is 3.57. The first-order chi connectivity index (χ1) is 7.69. The SMILES string of the molecule is C=CCOCC(=NO)c1cc(I)ccc1F. The Morgan fingerprint density at radius 1 is 1.62 bits per heavy atom. The van der Waals surface area contributed by atoms with Crippen LogP contribution in [0.25, 0.3) is 0 Å². The van der Waals surface area contributed by atoms with E-state index in [9.17, 15) is 4.39 Å².